The Kier molecular flexibility index (Phi) is 6.50. The van der Waals surface area contributed by atoms with Crippen molar-refractivity contribution >= 4 is 23.2 Å². The van der Waals surface area contributed by atoms with E-state index in [1.54, 1.807) is 0 Å². The van der Waals surface area contributed by atoms with Crippen LogP contribution in [0.2, 0.25) is 5.02 Å². The van der Waals surface area contributed by atoms with Gasteiger partial charge < -0.3 is 10.2 Å². The number of carbonyl (C=O) groups is 1. The molecule has 0 bridgehead atoms. The highest BCUT2D eigenvalue weighted by molar-refractivity contribution is 6.34. The normalized spacial score (nSPS) is 12.0. The number of carbonyl (C=O) groups excluding carboxylic acids is 1. The first-order valence-electron chi connectivity index (χ1n) is 7.81. The molecule has 1 atom stereocenters. The van der Waals surface area contributed by atoms with Crippen LogP contribution in [-0.4, -0.2) is 42.4 Å². The van der Waals surface area contributed by atoms with Gasteiger partial charge in [0, 0.05) is 24.7 Å². The summed E-state index contributed by atoms with van der Waals surface area (Å²) in [5, 5.41) is 13.7. The summed E-state index contributed by atoms with van der Waals surface area (Å²) in [7, 11) is 3.91. The zero-order valence-electron chi connectivity index (χ0n) is 14.1. The Morgan fingerprint density at radius 3 is 2.48 bits per heavy atom. The third-order valence-corrected chi connectivity index (χ3v) is 4.26. The first-order chi connectivity index (χ1) is 11.9. The van der Waals surface area contributed by atoms with Crippen molar-refractivity contribution in [2.75, 3.05) is 20.6 Å². The molecule has 0 heterocycles. The molecule has 0 aromatic heterocycles. The Hall–Kier alpha value is -2.44. The van der Waals surface area contributed by atoms with Crippen LogP contribution in [0.4, 0.5) is 5.69 Å². The number of halogens is 1. The van der Waals surface area contributed by atoms with Gasteiger partial charge in [0.2, 0.25) is 0 Å². The Labute approximate surface area is 151 Å². The second-order valence-corrected chi connectivity index (χ2v) is 6.35. The molecule has 0 aliphatic rings. The topological polar surface area (TPSA) is 75.5 Å². The minimum absolute atomic E-state index is 0.0659. The second kappa shape index (κ2) is 8.60. The van der Waals surface area contributed by atoms with E-state index in [1.807, 2.05) is 49.3 Å². The predicted octanol–water partition coefficient (Wildman–Crippen LogP) is 3.15. The largest absolute Gasteiger partial charge is 0.350 e. The number of likely N-dealkylation sites (N-methyl/N-ethyl adjacent to an activating group) is 1. The lowest BCUT2D eigenvalue weighted by atomic mass is 10.0. The molecule has 0 aliphatic heterocycles. The Balaban J connectivity index is 2.02. The Bertz CT molecular complexity index is 750. The summed E-state index contributed by atoms with van der Waals surface area (Å²) in [6.45, 7) is 0.439. The molecule has 1 N–H and O–H groups in total. The monoisotopic (exact) mass is 361 g/mol. The molecule has 6 nitrogen and oxygen atoms in total. The van der Waals surface area contributed by atoms with Crippen molar-refractivity contribution in [3.05, 3.63) is 74.8 Å². The number of rotatable bonds is 7. The average molecular weight is 362 g/mol. The molecule has 1 unspecified atom stereocenters. The third kappa shape index (κ3) is 5.27. The zero-order chi connectivity index (χ0) is 18.4. The fourth-order valence-electron chi connectivity index (χ4n) is 2.43. The summed E-state index contributed by atoms with van der Waals surface area (Å²) in [5.74, 6) is -0.347. The molecule has 2 aromatic carbocycles. The molecule has 0 aliphatic carbocycles. The number of nitrogens with one attached hydrogen (secondary N) is 1. The molecule has 0 saturated carbocycles. The lowest BCUT2D eigenvalue weighted by Gasteiger charge is -2.25. The van der Waals surface area contributed by atoms with E-state index in [1.165, 1.54) is 23.8 Å². The molecule has 7 heteroatoms. The minimum Gasteiger partial charge on any atom is -0.350 e. The summed E-state index contributed by atoms with van der Waals surface area (Å²) in [6, 6.07) is 14.0. The second-order valence-electron chi connectivity index (χ2n) is 5.94. The quantitative estimate of drug-likeness (QED) is 0.607. The molecule has 0 saturated heterocycles. The van der Waals surface area contributed by atoms with E-state index in [9.17, 15) is 14.9 Å². The van der Waals surface area contributed by atoms with Crippen LogP contribution in [0.25, 0.3) is 0 Å². The van der Waals surface area contributed by atoms with Gasteiger partial charge in [0.15, 0.2) is 0 Å². The fraction of sp³-hybridized carbons (Fsp3) is 0.278. The lowest BCUT2D eigenvalue weighted by Crippen LogP contribution is -2.41. The highest BCUT2D eigenvalue weighted by atomic mass is 35.5. The SMILES string of the molecule is CN(C)C(CNC(=O)c1ccc([N+](=O)[O-])cc1Cl)Cc1ccccc1. The van der Waals surface area contributed by atoms with Gasteiger partial charge in [0.1, 0.15) is 0 Å². The number of hydrogen-bond donors (Lipinski definition) is 1. The number of non-ortho nitro benzene ring substituents is 1. The summed E-state index contributed by atoms with van der Waals surface area (Å²) in [6.07, 6.45) is 0.794. The van der Waals surface area contributed by atoms with Gasteiger partial charge >= 0.3 is 0 Å². The highest BCUT2D eigenvalue weighted by Gasteiger charge is 2.17. The summed E-state index contributed by atoms with van der Waals surface area (Å²) in [4.78, 5) is 24.6. The van der Waals surface area contributed by atoms with Crippen molar-refractivity contribution < 1.29 is 9.72 Å². The van der Waals surface area contributed by atoms with Crippen molar-refractivity contribution in [1.29, 1.82) is 0 Å². The molecule has 132 valence electrons. The van der Waals surface area contributed by atoms with E-state index >= 15 is 0 Å². The first kappa shape index (κ1) is 18.9. The summed E-state index contributed by atoms with van der Waals surface area (Å²) < 4.78 is 0. The Morgan fingerprint density at radius 2 is 1.92 bits per heavy atom. The molecule has 0 fully saturated rings. The van der Waals surface area contributed by atoms with Gasteiger partial charge in [-0.25, -0.2) is 0 Å². The molecule has 0 spiro atoms. The van der Waals surface area contributed by atoms with E-state index in [0.29, 0.717) is 6.54 Å². The van der Waals surface area contributed by atoms with E-state index in [4.69, 9.17) is 11.6 Å². The maximum Gasteiger partial charge on any atom is 0.270 e. The number of nitrogens with zero attached hydrogens (tertiary/aromatic N) is 2. The average Bonchev–Trinajstić information content (AvgIpc) is 2.58. The molecular weight excluding hydrogens is 342 g/mol. The van der Waals surface area contributed by atoms with Crippen LogP contribution < -0.4 is 5.32 Å². The lowest BCUT2D eigenvalue weighted by molar-refractivity contribution is -0.384. The summed E-state index contributed by atoms with van der Waals surface area (Å²) >= 11 is 6.00. The first-order valence-corrected chi connectivity index (χ1v) is 8.18. The fourth-order valence-corrected chi connectivity index (χ4v) is 2.69. The molecule has 0 radical (unpaired) electrons. The van der Waals surface area contributed by atoms with E-state index in [2.05, 4.69) is 5.32 Å². The van der Waals surface area contributed by atoms with Gasteiger partial charge in [-0.2, -0.15) is 0 Å². The number of nitro benzene ring substituents is 1. The van der Waals surface area contributed by atoms with Gasteiger partial charge in [-0.3, -0.25) is 14.9 Å². The van der Waals surface area contributed by atoms with Crippen LogP contribution in [0, 0.1) is 10.1 Å². The molecular formula is C18H20ClN3O3. The van der Waals surface area contributed by atoms with Crippen molar-refractivity contribution in [2.24, 2.45) is 0 Å². The number of amides is 1. The van der Waals surface area contributed by atoms with Crippen LogP contribution in [0.3, 0.4) is 0 Å². The van der Waals surface area contributed by atoms with Crippen molar-refractivity contribution in [2.45, 2.75) is 12.5 Å². The van der Waals surface area contributed by atoms with Crippen LogP contribution in [0.1, 0.15) is 15.9 Å². The van der Waals surface area contributed by atoms with E-state index in [0.717, 1.165) is 6.42 Å². The van der Waals surface area contributed by atoms with Crippen LogP contribution >= 0.6 is 11.6 Å². The zero-order valence-corrected chi connectivity index (χ0v) is 14.9. The smallest absolute Gasteiger partial charge is 0.270 e. The molecule has 2 aromatic rings. The van der Waals surface area contributed by atoms with Gasteiger partial charge in [-0.15, -0.1) is 0 Å². The third-order valence-electron chi connectivity index (χ3n) is 3.95. The summed E-state index contributed by atoms with van der Waals surface area (Å²) in [5.41, 5.74) is 1.27. The van der Waals surface area contributed by atoms with E-state index in [-0.39, 0.29) is 28.2 Å². The van der Waals surface area contributed by atoms with Gasteiger partial charge in [0.05, 0.1) is 15.5 Å². The van der Waals surface area contributed by atoms with Crippen molar-refractivity contribution in [3.63, 3.8) is 0 Å². The maximum atomic E-state index is 12.3. The van der Waals surface area contributed by atoms with Crippen LogP contribution in [-0.2, 0) is 6.42 Å². The van der Waals surface area contributed by atoms with Gasteiger partial charge in [-0.05, 0) is 32.1 Å². The minimum atomic E-state index is -0.546. The highest BCUT2D eigenvalue weighted by Crippen LogP contribution is 2.22. The Morgan fingerprint density at radius 1 is 1.24 bits per heavy atom. The van der Waals surface area contributed by atoms with Gasteiger partial charge in [-0.1, -0.05) is 41.9 Å². The molecule has 2 rings (SSSR count). The number of hydrogen-bond acceptors (Lipinski definition) is 4. The maximum absolute atomic E-state index is 12.3. The standard InChI is InChI=1S/C18H20ClN3O3/c1-21(2)15(10-13-6-4-3-5-7-13)12-20-18(23)16-9-8-14(22(24)25)11-17(16)19/h3-9,11,15H,10,12H2,1-2H3,(H,20,23). The predicted molar refractivity (Wildman–Crippen MR) is 98.1 cm³/mol. The van der Waals surface area contributed by atoms with Crippen molar-refractivity contribution in [3.8, 4) is 0 Å². The molecule has 1 amide bonds. The van der Waals surface area contributed by atoms with E-state index < -0.39 is 4.92 Å². The molecule has 25 heavy (non-hydrogen) atoms. The van der Waals surface area contributed by atoms with Crippen LogP contribution in [0.15, 0.2) is 48.5 Å². The number of benzene rings is 2. The van der Waals surface area contributed by atoms with Crippen molar-refractivity contribution in [1.82, 2.24) is 10.2 Å². The number of nitro groups is 1. The van der Waals surface area contributed by atoms with Crippen LogP contribution in [0.5, 0.6) is 0 Å². The van der Waals surface area contributed by atoms with Gasteiger partial charge in [0.25, 0.3) is 11.6 Å².